The van der Waals surface area contributed by atoms with E-state index in [2.05, 4.69) is 15.6 Å². The van der Waals surface area contributed by atoms with Crippen molar-refractivity contribution < 1.29 is 28.6 Å². The summed E-state index contributed by atoms with van der Waals surface area (Å²) < 4.78 is 25.5. The van der Waals surface area contributed by atoms with Gasteiger partial charge in [0.2, 0.25) is 0 Å². The first kappa shape index (κ1) is 24.1. The van der Waals surface area contributed by atoms with E-state index in [4.69, 9.17) is 9.47 Å². The SMILES string of the molecule is CCNC(=O)[C@@H]1Cn2c(=O)c(C(=O)NCCOC)c(O)c3ncc(Cc4ccc(F)cc4)c(c32)O1. The van der Waals surface area contributed by atoms with E-state index in [0.717, 1.165) is 5.56 Å². The van der Waals surface area contributed by atoms with Gasteiger partial charge in [0, 0.05) is 38.4 Å². The molecule has 2 amide bonds. The smallest absolute Gasteiger partial charge is 0.268 e. The van der Waals surface area contributed by atoms with Crippen molar-refractivity contribution in [3.63, 3.8) is 0 Å². The van der Waals surface area contributed by atoms with Gasteiger partial charge in [-0.05, 0) is 24.6 Å². The quantitative estimate of drug-likeness (QED) is 0.408. The molecule has 11 heteroatoms. The molecule has 1 atom stereocenters. The molecule has 35 heavy (non-hydrogen) atoms. The fourth-order valence-corrected chi connectivity index (χ4v) is 3.99. The Bertz CT molecular complexity index is 1340. The highest BCUT2D eigenvalue weighted by Crippen LogP contribution is 2.37. The molecule has 0 radical (unpaired) electrons. The van der Waals surface area contributed by atoms with Gasteiger partial charge in [-0.2, -0.15) is 0 Å². The number of carbonyl (C=O) groups excluding carboxylic acids is 2. The third kappa shape index (κ3) is 4.67. The van der Waals surface area contributed by atoms with Crippen LogP contribution in [-0.4, -0.2) is 59.4 Å². The van der Waals surface area contributed by atoms with Crippen LogP contribution in [0.15, 0.2) is 35.3 Å². The van der Waals surface area contributed by atoms with Gasteiger partial charge in [-0.3, -0.25) is 23.9 Å². The van der Waals surface area contributed by atoms with Crippen molar-refractivity contribution in [3.8, 4) is 11.5 Å². The van der Waals surface area contributed by atoms with Crippen LogP contribution in [-0.2, 0) is 22.5 Å². The van der Waals surface area contributed by atoms with Gasteiger partial charge >= 0.3 is 0 Å². The van der Waals surface area contributed by atoms with Gasteiger partial charge in [0.25, 0.3) is 17.4 Å². The summed E-state index contributed by atoms with van der Waals surface area (Å²) in [7, 11) is 1.47. The van der Waals surface area contributed by atoms with Crippen molar-refractivity contribution in [2.75, 3.05) is 26.8 Å². The number of ether oxygens (including phenoxy) is 2. The molecule has 2 aromatic heterocycles. The predicted octanol–water partition coefficient (Wildman–Crippen LogP) is 1.11. The number of hydrogen-bond donors (Lipinski definition) is 3. The monoisotopic (exact) mass is 484 g/mol. The third-order valence-electron chi connectivity index (χ3n) is 5.65. The molecular weight excluding hydrogens is 459 g/mol. The molecule has 0 saturated carbocycles. The van der Waals surface area contributed by atoms with Crippen LogP contribution in [0.1, 0.15) is 28.4 Å². The molecule has 1 aliphatic heterocycles. The van der Waals surface area contributed by atoms with E-state index in [1.54, 1.807) is 19.1 Å². The summed E-state index contributed by atoms with van der Waals surface area (Å²) >= 11 is 0. The van der Waals surface area contributed by atoms with Crippen molar-refractivity contribution in [2.45, 2.75) is 26.0 Å². The Labute approximate surface area is 199 Å². The van der Waals surface area contributed by atoms with Gasteiger partial charge in [0.1, 0.15) is 22.4 Å². The molecule has 0 bridgehead atoms. The van der Waals surface area contributed by atoms with E-state index >= 15 is 0 Å². The lowest BCUT2D eigenvalue weighted by Gasteiger charge is -2.29. The Kier molecular flexibility index (Phi) is 6.97. The van der Waals surface area contributed by atoms with Crippen LogP contribution in [0.25, 0.3) is 11.0 Å². The number of likely N-dealkylation sites (N-methyl/N-ethyl adjacent to an activating group) is 1. The second-order valence-electron chi connectivity index (χ2n) is 8.00. The fourth-order valence-electron chi connectivity index (χ4n) is 3.99. The molecule has 0 saturated heterocycles. The molecule has 1 aliphatic rings. The second kappa shape index (κ2) is 10.1. The zero-order chi connectivity index (χ0) is 25.1. The minimum absolute atomic E-state index is 0.00584. The van der Waals surface area contributed by atoms with Crippen LogP contribution in [0.2, 0.25) is 0 Å². The first-order valence-electron chi connectivity index (χ1n) is 11.1. The molecule has 3 N–H and O–H groups in total. The van der Waals surface area contributed by atoms with E-state index in [9.17, 15) is 23.9 Å². The molecule has 10 nitrogen and oxygen atoms in total. The molecule has 3 heterocycles. The van der Waals surface area contributed by atoms with Gasteiger partial charge in [0.05, 0.1) is 13.2 Å². The van der Waals surface area contributed by atoms with Crippen molar-refractivity contribution in [3.05, 3.63) is 63.3 Å². The lowest BCUT2D eigenvalue weighted by molar-refractivity contribution is -0.128. The van der Waals surface area contributed by atoms with Crippen LogP contribution < -0.4 is 20.9 Å². The number of nitrogens with one attached hydrogen (secondary N) is 2. The standard InChI is InChI=1S/C24H25FN4O6/c1-3-26-22(31)16-12-29-19-18(20(30)17(24(29)33)23(32)27-8-9-34-2)28-11-14(21(19)35-16)10-13-4-6-15(25)7-5-13/h4-7,11,16,30H,3,8-10,12H2,1-2H3,(H,26,31)(H,27,32)/t16-/m0/s1. The highest BCUT2D eigenvalue weighted by atomic mass is 19.1. The lowest BCUT2D eigenvalue weighted by Crippen LogP contribution is -2.46. The Morgan fingerprint density at radius 1 is 1.29 bits per heavy atom. The molecule has 0 unspecified atom stereocenters. The van der Waals surface area contributed by atoms with Crippen molar-refractivity contribution in [2.24, 2.45) is 0 Å². The number of aromatic nitrogens is 2. The van der Waals surface area contributed by atoms with E-state index in [1.807, 2.05) is 0 Å². The number of hydrogen-bond acceptors (Lipinski definition) is 7. The number of carbonyl (C=O) groups is 2. The first-order chi connectivity index (χ1) is 16.8. The summed E-state index contributed by atoms with van der Waals surface area (Å²) in [4.78, 5) is 43.1. The van der Waals surface area contributed by atoms with Crippen LogP contribution in [0.5, 0.6) is 11.5 Å². The summed E-state index contributed by atoms with van der Waals surface area (Å²) in [6.45, 7) is 2.29. The molecule has 0 spiro atoms. The van der Waals surface area contributed by atoms with Crippen molar-refractivity contribution in [1.82, 2.24) is 20.2 Å². The maximum absolute atomic E-state index is 13.4. The van der Waals surface area contributed by atoms with E-state index in [1.165, 1.54) is 30.0 Å². The maximum atomic E-state index is 13.4. The van der Waals surface area contributed by atoms with Crippen LogP contribution in [0, 0.1) is 5.82 Å². The van der Waals surface area contributed by atoms with E-state index < -0.39 is 34.8 Å². The number of nitrogens with zero attached hydrogens (tertiary/aromatic N) is 2. The van der Waals surface area contributed by atoms with Crippen molar-refractivity contribution in [1.29, 1.82) is 0 Å². The molecule has 0 fully saturated rings. The lowest BCUT2D eigenvalue weighted by atomic mass is 10.0. The van der Waals surface area contributed by atoms with Gasteiger partial charge in [-0.1, -0.05) is 12.1 Å². The highest BCUT2D eigenvalue weighted by Gasteiger charge is 2.34. The summed E-state index contributed by atoms with van der Waals surface area (Å²) in [5.41, 5.74) is 0.205. The highest BCUT2D eigenvalue weighted by molar-refractivity contribution is 6.02. The molecular formula is C24H25FN4O6. The molecule has 0 aliphatic carbocycles. The summed E-state index contributed by atoms with van der Waals surface area (Å²) in [5.74, 6) is -1.97. The van der Waals surface area contributed by atoms with Crippen LogP contribution >= 0.6 is 0 Å². The second-order valence-corrected chi connectivity index (χ2v) is 8.00. The number of aromatic hydroxyl groups is 1. The Balaban J connectivity index is 1.87. The number of amides is 2. The average Bonchev–Trinajstić information content (AvgIpc) is 2.84. The maximum Gasteiger partial charge on any atom is 0.268 e. The predicted molar refractivity (Wildman–Crippen MR) is 124 cm³/mol. The molecule has 1 aromatic carbocycles. The van der Waals surface area contributed by atoms with E-state index in [0.29, 0.717) is 12.1 Å². The molecule has 184 valence electrons. The van der Waals surface area contributed by atoms with Gasteiger partial charge in [-0.15, -0.1) is 0 Å². The van der Waals surface area contributed by atoms with Gasteiger partial charge in [0.15, 0.2) is 17.6 Å². The largest absolute Gasteiger partial charge is 0.505 e. The minimum atomic E-state index is -1.05. The molecule has 3 aromatic rings. The summed E-state index contributed by atoms with van der Waals surface area (Å²) in [6, 6.07) is 5.86. The topological polar surface area (TPSA) is 132 Å². The zero-order valence-corrected chi connectivity index (χ0v) is 19.3. The van der Waals surface area contributed by atoms with Gasteiger partial charge < -0.3 is 25.2 Å². The number of rotatable bonds is 8. The first-order valence-corrected chi connectivity index (χ1v) is 11.1. The van der Waals surface area contributed by atoms with Crippen LogP contribution in [0.3, 0.4) is 0 Å². The average molecular weight is 484 g/mol. The minimum Gasteiger partial charge on any atom is -0.505 e. The number of halogens is 1. The molecule has 4 rings (SSSR count). The van der Waals surface area contributed by atoms with Crippen LogP contribution in [0.4, 0.5) is 4.39 Å². The number of benzene rings is 1. The number of pyridine rings is 2. The summed E-state index contributed by atoms with van der Waals surface area (Å²) in [5, 5.41) is 16.1. The van der Waals surface area contributed by atoms with E-state index in [-0.39, 0.29) is 48.7 Å². The normalized spacial score (nSPS) is 14.4. The van der Waals surface area contributed by atoms with Crippen molar-refractivity contribution >= 4 is 22.8 Å². The number of methoxy groups -OCH3 is 1. The zero-order valence-electron chi connectivity index (χ0n) is 19.3. The Morgan fingerprint density at radius 2 is 2.03 bits per heavy atom. The van der Waals surface area contributed by atoms with Gasteiger partial charge in [-0.25, -0.2) is 4.39 Å². The third-order valence-corrected chi connectivity index (χ3v) is 5.65. The fraction of sp³-hybridized carbons (Fsp3) is 0.333. The Hall–Kier alpha value is -3.99. The summed E-state index contributed by atoms with van der Waals surface area (Å²) in [6.07, 6.45) is 0.670. The Morgan fingerprint density at radius 3 is 2.71 bits per heavy atom.